The number of pyridine rings is 1. The summed E-state index contributed by atoms with van der Waals surface area (Å²) < 4.78 is 12.8. The summed E-state index contributed by atoms with van der Waals surface area (Å²) in [6.45, 7) is 0.317. The molecule has 0 atom stereocenters. The highest BCUT2D eigenvalue weighted by molar-refractivity contribution is 9.10. The van der Waals surface area contributed by atoms with E-state index in [0.717, 1.165) is 0 Å². The van der Waals surface area contributed by atoms with Crippen molar-refractivity contribution in [1.82, 2.24) is 4.98 Å². The van der Waals surface area contributed by atoms with E-state index in [4.69, 9.17) is 5.73 Å². The fourth-order valence-electron chi connectivity index (χ4n) is 0.572. The van der Waals surface area contributed by atoms with Gasteiger partial charge in [0.25, 0.3) is 0 Å². The van der Waals surface area contributed by atoms with Crippen molar-refractivity contribution in [2.24, 2.45) is 5.73 Å². The van der Waals surface area contributed by atoms with Crippen LogP contribution in [0, 0.1) is 5.82 Å². The van der Waals surface area contributed by atoms with E-state index in [1.807, 2.05) is 0 Å². The van der Waals surface area contributed by atoms with Crippen molar-refractivity contribution in [3.05, 3.63) is 28.2 Å². The van der Waals surface area contributed by atoms with Gasteiger partial charge in [-0.25, -0.2) is 9.37 Å². The van der Waals surface area contributed by atoms with Gasteiger partial charge in [-0.3, -0.25) is 0 Å². The van der Waals surface area contributed by atoms with Crippen LogP contribution in [0.15, 0.2) is 16.9 Å². The van der Waals surface area contributed by atoms with E-state index >= 15 is 0 Å². The number of hydrogen-bond donors (Lipinski definition) is 1. The second kappa shape index (κ2) is 4.64. The maximum atomic E-state index is 12.6. The van der Waals surface area contributed by atoms with Gasteiger partial charge in [0, 0.05) is 12.7 Å². The Labute approximate surface area is 78.5 Å². The summed E-state index contributed by atoms with van der Waals surface area (Å²) in [6.07, 6.45) is 1.53. The molecule has 0 unspecified atom stereocenters. The van der Waals surface area contributed by atoms with Crippen LogP contribution >= 0.6 is 28.3 Å². The van der Waals surface area contributed by atoms with Gasteiger partial charge in [0.05, 0.1) is 0 Å². The van der Waals surface area contributed by atoms with Crippen LogP contribution in [-0.2, 0) is 6.54 Å². The van der Waals surface area contributed by atoms with Gasteiger partial charge in [-0.15, -0.1) is 12.4 Å². The molecule has 2 nitrogen and oxygen atoms in total. The summed E-state index contributed by atoms with van der Waals surface area (Å²) in [6, 6.07) is 1.36. The number of rotatable bonds is 1. The molecule has 0 radical (unpaired) electrons. The zero-order chi connectivity index (χ0) is 7.56. The van der Waals surface area contributed by atoms with E-state index in [9.17, 15) is 4.39 Å². The quantitative estimate of drug-likeness (QED) is 0.762. The molecule has 1 aromatic rings. The highest BCUT2D eigenvalue weighted by atomic mass is 79.9. The van der Waals surface area contributed by atoms with Crippen molar-refractivity contribution >= 4 is 28.3 Å². The summed E-state index contributed by atoms with van der Waals surface area (Å²) in [4.78, 5) is 3.71. The van der Waals surface area contributed by atoms with Crippen LogP contribution in [0.1, 0.15) is 5.56 Å². The number of aromatic nitrogens is 1. The maximum absolute atomic E-state index is 12.6. The van der Waals surface area contributed by atoms with Gasteiger partial charge in [0.2, 0.25) is 0 Å². The first-order valence-electron chi connectivity index (χ1n) is 2.74. The molecule has 0 spiro atoms. The molecule has 1 rings (SSSR count). The van der Waals surface area contributed by atoms with Crippen molar-refractivity contribution in [2.75, 3.05) is 0 Å². The topological polar surface area (TPSA) is 38.9 Å². The van der Waals surface area contributed by atoms with E-state index in [1.54, 1.807) is 0 Å². The summed E-state index contributed by atoms with van der Waals surface area (Å²) in [5.74, 6) is -0.372. The molecule has 0 bridgehead atoms. The van der Waals surface area contributed by atoms with E-state index in [-0.39, 0.29) is 22.8 Å². The van der Waals surface area contributed by atoms with Gasteiger partial charge in [0.15, 0.2) is 5.82 Å². The zero-order valence-corrected chi connectivity index (χ0v) is 7.95. The van der Waals surface area contributed by atoms with Crippen molar-refractivity contribution in [3.8, 4) is 0 Å². The van der Waals surface area contributed by atoms with Crippen molar-refractivity contribution in [3.63, 3.8) is 0 Å². The molecule has 2 N–H and O–H groups in total. The molecule has 0 amide bonds. The summed E-state index contributed by atoms with van der Waals surface area (Å²) in [5.41, 5.74) is 5.94. The Hall–Kier alpha value is -0.190. The fraction of sp³-hybridized carbons (Fsp3) is 0.167. The molecule has 1 heterocycles. The lowest BCUT2D eigenvalue weighted by atomic mass is 10.3. The normalized spacial score (nSPS) is 9.00. The average molecular weight is 241 g/mol. The minimum atomic E-state index is -0.372. The smallest absolute Gasteiger partial charge is 0.156 e. The molecular weight excluding hydrogens is 234 g/mol. The first-order valence-corrected chi connectivity index (χ1v) is 3.53. The van der Waals surface area contributed by atoms with E-state index in [1.165, 1.54) is 12.3 Å². The molecule has 62 valence electrons. The number of nitrogens with zero attached hydrogens (tertiary/aromatic N) is 1. The van der Waals surface area contributed by atoms with E-state index < -0.39 is 0 Å². The first kappa shape index (κ1) is 10.8. The van der Waals surface area contributed by atoms with Crippen LogP contribution in [0.4, 0.5) is 4.39 Å². The minimum absolute atomic E-state index is 0. The lowest BCUT2D eigenvalue weighted by Gasteiger charge is -1.95. The molecule has 0 aromatic carbocycles. The van der Waals surface area contributed by atoms with Crippen LogP contribution in [-0.4, -0.2) is 4.98 Å². The van der Waals surface area contributed by atoms with Crippen molar-refractivity contribution in [2.45, 2.75) is 6.54 Å². The maximum Gasteiger partial charge on any atom is 0.156 e. The van der Waals surface area contributed by atoms with Gasteiger partial charge in [-0.2, -0.15) is 0 Å². The molecule has 5 heteroatoms. The number of hydrogen-bond acceptors (Lipinski definition) is 2. The Morgan fingerprint density at radius 3 is 2.73 bits per heavy atom. The Balaban J connectivity index is 0.000001000. The van der Waals surface area contributed by atoms with Crippen LogP contribution < -0.4 is 5.73 Å². The van der Waals surface area contributed by atoms with Crippen molar-refractivity contribution < 1.29 is 4.39 Å². The Bertz CT molecular complexity index is 244. The molecule has 11 heavy (non-hydrogen) atoms. The van der Waals surface area contributed by atoms with Crippen LogP contribution in [0.2, 0.25) is 0 Å². The standard InChI is InChI=1S/C6H6BrFN2.ClH/c7-6-5(8)1-4(2-9)3-10-6;/h1,3H,2,9H2;1H. The number of nitrogens with two attached hydrogens (primary N) is 1. The average Bonchev–Trinajstić information content (AvgIpc) is 1.95. The molecule has 0 aliphatic rings. The first-order chi connectivity index (χ1) is 4.74. The highest BCUT2D eigenvalue weighted by Crippen LogP contribution is 2.11. The third kappa shape index (κ3) is 2.73. The Morgan fingerprint density at radius 2 is 2.27 bits per heavy atom. The molecule has 0 aliphatic carbocycles. The SMILES string of the molecule is Cl.NCc1cnc(Br)c(F)c1. The van der Waals surface area contributed by atoms with E-state index in [2.05, 4.69) is 20.9 Å². The predicted molar refractivity (Wildman–Crippen MR) is 47.0 cm³/mol. The van der Waals surface area contributed by atoms with Gasteiger partial charge >= 0.3 is 0 Å². The van der Waals surface area contributed by atoms with Gasteiger partial charge in [0.1, 0.15) is 4.60 Å². The van der Waals surface area contributed by atoms with Crippen LogP contribution in [0.5, 0.6) is 0 Å². The monoisotopic (exact) mass is 240 g/mol. The zero-order valence-electron chi connectivity index (χ0n) is 5.55. The van der Waals surface area contributed by atoms with Crippen molar-refractivity contribution in [1.29, 1.82) is 0 Å². The summed E-state index contributed by atoms with van der Waals surface area (Å²) >= 11 is 2.93. The summed E-state index contributed by atoms with van der Waals surface area (Å²) in [7, 11) is 0. The third-order valence-electron chi connectivity index (χ3n) is 1.09. The second-order valence-electron chi connectivity index (χ2n) is 1.82. The Morgan fingerprint density at radius 1 is 1.64 bits per heavy atom. The largest absolute Gasteiger partial charge is 0.326 e. The van der Waals surface area contributed by atoms with Gasteiger partial charge in [-0.1, -0.05) is 0 Å². The van der Waals surface area contributed by atoms with Crippen LogP contribution in [0.25, 0.3) is 0 Å². The molecular formula is C6H7BrClFN2. The van der Waals surface area contributed by atoms with Gasteiger partial charge in [-0.05, 0) is 27.6 Å². The third-order valence-corrected chi connectivity index (χ3v) is 1.67. The molecule has 0 saturated carbocycles. The number of halogens is 3. The Kier molecular flexibility index (Phi) is 4.56. The molecule has 0 saturated heterocycles. The van der Waals surface area contributed by atoms with Crippen LogP contribution in [0.3, 0.4) is 0 Å². The van der Waals surface area contributed by atoms with Gasteiger partial charge < -0.3 is 5.73 Å². The predicted octanol–water partition coefficient (Wildman–Crippen LogP) is 1.86. The minimum Gasteiger partial charge on any atom is -0.326 e. The molecule has 0 aliphatic heterocycles. The highest BCUT2D eigenvalue weighted by Gasteiger charge is 1.99. The lowest BCUT2D eigenvalue weighted by Crippen LogP contribution is -1.97. The molecule has 1 aromatic heterocycles. The second-order valence-corrected chi connectivity index (χ2v) is 2.57. The summed E-state index contributed by atoms with van der Waals surface area (Å²) in [5, 5.41) is 0. The molecule has 0 fully saturated rings. The lowest BCUT2D eigenvalue weighted by molar-refractivity contribution is 0.610. The van der Waals surface area contributed by atoms with E-state index in [0.29, 0.717) is 12.1 Å². The fourth-order valence-corrected chi connectivity index (χ4v) is 0.789.